The Bertz CT molecular complexity index is 1180. The van der Waals surface area contributed by atoms with Crippen LogP contribution >= 0.6 is 11.6 Å². The summed E-state index contributed by atoms with van der Waals surface area (Å²) in [5.41, 5.74) is 2.44. The number of carbonyl (C=O) groups is 2. The molecule has 0 unspecified atom stereocenters. The molecule has 1 aromatic heterocycles. The summed E-state index contributed by atoms with van der Waals surface area (Å²) in [5.74, 6) is -0.377. The molecular weight excluding hydrogens is 450 g/mol. The number of imide groups is 1. The van der Waals surface area contributed by atoms with Crippen molar-refractivity contribution in [3.8, 4) is 0 Å². The van der Waals surface area contributed by atoms with Crippen LogP contribution in [-0.4, -0.2) is 41.7 Å². The quantitative estimate of drug-likeness (QED) is 0.323. The molecule has 0 fully saturated rings. The van der Waals surface area contributed by atoms with Gasteiger partial charge < -0.3 is 10.3 Å². The second-order valence-electron chi connectivity index (χ2n) is 7.48. The number of hydrazone groups is 1. The molecule has 0 aliphatic rings. The van der Waals surface area contributed by atoms with Crippen LogP contribution < -0.4 is 10.2 Å². The van der Waals surface area contributed by atoms with Gasteiger partial charge in [-0.1, -0.05) is 49.4 Å². The van der Waals surface area contributed by atoms with Crippen LogP contribution in [0.4, 0.5) is 16.3 Å². The van der Waals surface area contributed by atoms with Crippen molar-refractivity contribution in [2.75, 3.05) is 23.8 Å². The maximum Gasteiger partial charge on any atom is 0.334 e. The van der Waals surface area contributed by atoms with Crippen molar-refractivity contribution in [1.82, 2.24) is 9.99 Å². The Morgan fingerprint density at radius 3 is 2.47 bits per heavy atom. The Labute approximate surface area is 204 Å². The van der Waals surface area contributed by atoms with Gasteiger partial charge in [-0.05, 0) is 60.0 Å². The second kappa shape index (κ2) is 11.8. The summed E-state index contributed by atoms with van der Waals surface area (Å²) in [6.45, 7) is 6.66. The molecule has 8 heteroatoms. The zero-order valence-corrected chi connectivity index (χ0v) is 19.9. The molecule has 0 aliphatic heterocycles. The van der Waals surface area contributed by atoms with Crippen molar-refractivity contribution in [2.45, 2.75) is 13.3 Å². The number of amides is 3. The molecule has 0 spiro atoms. The summed E-state index contributed by atoms with van der Waals surface area (Å²) >= 11 is 6.05. The third-order valence-electron chi connectivity index (χ3n) is 4.83. The molecule has 174 valence electrons. The lowest BCUT2D eigenvalue weighted by molar-refractivity contribution is 0.0995. The predicted octanol–water partition coefficient (Wildman–Crippen LogP) is 5.93. The fourth-order valence-electron chi connectivity index (χ4n) is 3.08. The standard InChI is InChI=1S/C26H26ClN5O2/c1-4-15-31(3)29-18-20-9-12-23(13-10-20)30-26(34)32(24-14-11-19(5-2)17-28-24)25(33)21-7-6-8-22(27)16-21/h5-14,16-18H,2,4,15H2,1,3H3,(H,30,34). The molecule has 3 rings (SSSR count). The lowest BCUT2D eigenvalue weighted by atomic mass is 10.2. The normalized spacial score (nSPS) is 10.7. The molecule has 0 bridgehead atoms. The summed E-state index contributed by atoms with van der Waals surface area (Å²) in [4.78, 5) is 31.7. The average molecular weight is 476 g/mol. The van der Waals surface area contributed by atoms with Crippen LogP contribution in [0.25, 0.3) is 6.08 Å². The minimum Gasteiger partial charge on any atom is -0.307 e. The van der Waals surface area contributed by atoms with Gasteiger partial charge in [0.25, 0.3) is 5.91 Å². The molecule has 1 N–H and O–H groups in total. The molecule has 0 saturated carbocycles. The molecule has 3 amide bonds. The number of aromatic nitrogens is 1. The van der Waals surface area contributed by atoms with Gasteiger partial charge in [-0.2, -0.15) is 5.10 Å². The first kappa shape index (κ1) is 24.7. The van der Waals surface area contributed by atoms with Gasteiger partial charge in [-0.3, -0.25) is 4.79 Å². The van der Waals surface area contributed by atoms with E-state index < -0.39 is 11.9 Å². The molecule has 2 aromatic carbocycles. The van der Waals surface area contributed by atoms with E-state index in [1.165, 1.54) is 12.3 Å². The van der Waals surface area contributed by atoms with Gasteiger partial charge >= 0.3 is 6.03 Å². The van der Waals surface area contributed by atoms with Crippen LogP contribution in [0.5, 0.6) is 0 Å². The first-order valence-electron chi connectivity index (χ1n) is 10.8. The minimum atomic E-state index is -0.645. The van der Waals surface area contributed by atoms with E-state index in [9.17, 15) is 9.59 Å². The number of carbonyl (C=O) groups excluding carboxylic acids is 2. The van der Waals surface area contributed by atoms with Crippen LogP contribution in [0.1, 0.15) is 34.8 Å². The monoisotopic (exact) mass is 475 g/mol. The summed E-state index contributed by atoms with van der Waals surface area (Å²) in [6, 6.07) is 16.2. The first-order chi connectivity index (χ1) is 16.4. The van der Waals surface area contributed by atoms with E-state index in [0.717, 1.165) is 29.0 Å². The second-order valence-corrected chi connectivity index (χ2v) is 7.92. The fraction of sp³-hybridized carbons (Fsp3) is 0.154. The Balaban J connectivity index is 1.83. The Hall–Kier alpha value is -3.97. The number of hydrogen-bond acceptors (Lipinski definition) is 5. The Morgan fingerprint density at radius 1 is 1.12 bits per heavy atom. The maximum atomic E-state index is 13.3. The van der Waals surface area contributed by atoms with Crippen molar-refractivity contribution in [1.29, 1.82) is 0 Å². The number of rotatable bonds is 8. The number of nitrogens with one attached hydrogen (secondary N) is 1. The van der Waals surface area contributed by atoms with Gasteiger partial charge in [0.05, 0.1) is 6.21 Å². The molecule has 34 heavy (non-hydrogen) atoms. The van der Waals surface area contributed by atoms with Crippen molar-refractivity contribution >= 4 is 47.3 Å². The van der Waals surface area contributed by atoms with Gasteiger partial charge in [0.1, 0.15) is 5.82 Å². The van der Waals surface area contributed by atoms with E-state index in [4.69, 9.17) is 11.6 Å². The third-order valence-corrected chi connectivity index (χ3v) is 5.06. The number of nitrogens with zero attached hydrogens (tertiary/aromatic N) is 4. The van der Waals surface area contributed by atoms with E-state index in [0.29, 0.717) is 10.7 Å². The van der Waals surface area contributed by atoms with Crippen LogP contribution in [0, 0.1) is 0 Å². The SMILES string of the molecule is C=Cc1ccc(N(C(=O)Nc2ccc(C=NN(C)CCC)cc2)C(=O)c2cccc(Cl)c2)nc1. The number of anilines is 2. The van der Waals surface area contributed by atoms with E-state index >= 15 is 0 Å². The highest BCUT2D eigenvalue weighted by Gasteiger charge is 2.26. The predicted molar refractivity (Wildman–Crippen MR) is 139 cm³/mol. The Morgan fingerprint density at radius 2 is 1.85 bits per heavy atom. The number of pyridine rings is 1. The molecule has 7 nitrogen and oxygen atoms in total. The molecule has 0 radical (unpaired) electrons. The lowest BCUT2D eigenvalue weighted by Crippen LogP contribution is -2.40. The van der Waals surface area contributed by atoms with E-state index in [1.807, 2.05) is 24.2 Å². The zero-order chi connectivity index (χ0) is 24.5. The molecule has 0 aliphatic carbocycles. The number of hydrogen-bond donors (Lipinski definition) is 1. The minimum absolute atomic E-state index is 0.177. The molecule has 1 heterocycles. The number of halogens is 1. The van der Waals surface area contributed by atoms with Crippen LogP contribution in [0.3, 0.4) is 0 Å². The molecule has 3 aromatic rings. The van der Waals surface area contributed by atoms with Crippen LogP contribution in [-0.2, 0) is 0 Å². The van der Waals surface area contributed by atoms with Crippen LogP contribution in [0.2, 0.25) is 5.02 Å². The summed E-state index contributed by atoms with van der Waals surface area (Å²) in [7, 11) is 1.91. The van der Waals surface area contributed by atoms with Crippen molar-refractivity contribution in [3.63, 3.8) is 0 Å². The highest BCUT2D eigenvalue weighted by Crippen LogP contribution is 2.20. The van der Waals surface area contributed by atoms with Crippen molar-refractivity contribution < 1.29 is 9.59 Å². The molecular formula is C26H26ClN5O2. The van der Waals surface area contributed by atoms with Gasteiger partial charge in [0, 0.05) is 36.1 Å². The largest absolute Gasteiger partial charge is 0.334 e. The van der Waals surface area contributed by atoms with Gasteiger partial charge in [-0.25, -0.2) is 14.7 Å². The van der Waals surface area contributed by atoms with Crippen molar-refractivity contribution in [3.05, 3.63) is 95.2 Å². The van der Waals surface area contributed by atoms with Crippen LogP contribution in [0.15, 0.2) is 78.5 Å². The van der Waals surface area contributed by atoms with E-state index in [2.05, 4.69) is 28.9 Å². The highest BCUT2D eigenvalue weighted by atomic mass is 35.5. The Kier molecular flexibility index (Phi) is 8.54. The smallest absolute Gasteiger partial charge is 0.307 e. The third kappa shape index (κ3) is 6.52. The number of benzene rings is 2. The van der Waals surface area contributed by atoms with Gasteiger partial charge in [0.15, 0.2) is 0 Å². The van der Waals surface area contributed by atoms with E-state index in [1.54, 1.807) is 54.8 Å². The molecule has 0 saturated heterocycles. The first-order valence-corrected chi connectivity index (χ1v) is 11.1. The topological polar surface area (TPSA) is 77.9 Å². The van der Waals surface area contributed by atoms with E-state index in [-0.39, 0.29) is 11.4 Å². The maximum absolute atomic E-state index is 13.3. The summed E-state index contributed by atoms with van der Waals surface area (Å²) < 4.78 is 0. The number of urea groups is 1. The average Bonchev–Trinajstić information content (AvgIpc) is 2.84. The summed E-state index contributed by atoms with van der Waals surface area (Å²) in [5, 5.41) is 9.38. The van der Waals surface area contributed by atoms with Crippen molar-refractivity contribution in [2.24, 2.45) is 5.10 Å². The summed E-state index contributed by atoms with van der Waals surface area (Å²) in [6.07, 6.45) is 5.93. The fourth-order valence-corrected chi connectivity index (χ4v) is 3.27. The molecule has 0 atom stereocenters. The van der Waals surface area contributed by atoms with Gasteiger partial charge in [0.2, 0.25) is 0 Å². The highest BCUT2D eigenvalue weighted by molar-refractivity contribution is 6.31. The van der Waals surface area contributed by atoms with Gasteiger partial charge in [-0.15, -0.1) is 0 Å². The zero-order valence-electron chi connectivity index (χ0n) is 19.1. The lowest BCUT2D eigenvalue weighted by Gasteiger charge is -2.21.